The minimum Gasteiger partial charge on any atom is -0.329 e. The van der Waals surface area contributed by atoms with Crippen molar-refractivity contribution >= 4 is 21.6 Å². The van der Waals surface area contributed by atoms with E-state index in [-0.39, 0.29) is 5.56 Å². The Kier molecular flexibility index (Phi) is 3.15. The van der Waals surface area contributed by atoms with Gasteiger partial charge in [0, 0.05) is 12.6 Å². The highest BCUT2D eigenvalue weighted by atomic mass is 32.1. The predicted molar refractivity (Wildman–Crippen MR) is 72.7 cm³/mol. The molecule has 1 aliphatic heterocycles. The van der Waals surface area contributed by atoms with Gasteiger partial charge in [0.15, 0.2) is 0 Å². The molecule has 2 aromatic heterocycles. The number of rotatable bonds is 3. The zero-order chi connectivity index (χ0) is 12.5. The third kappa shape index (κ3) is 2.07. The number of thiophene rings is 1. The SMILES string of the molecule is NCC1CCCN1Cc1nc2ccsc2c(=O)[nH]1. The Labute approximate surface area is 109 Å². The number of nitrogens with one attached hydrogen (secondary N) is 1. The van der Waals surface area contributed by atoms with E-state index in [9.17, 15) is 4.79 Å². The molecule has 0 saturated carbocycles. The average Bonchev–Trinajstić information content (AvgIpc) is 2.97. The normalized spacial score (nSPS) is 20.8. The molecule has 3 N–H and O–H groups in total. The first kappa shape index (κ1) is 11.8. The summed E-state index contributed by atoms with van der Waals surface area (Å²) in [5.41, 5.74) is 6.51. The van der Waals surface area contributed by atoms with Crippen LogP contribution in [0.2, 0.25) is 0 Å². The molecule has 0 spiro atoms. The molecule has 18 heavy (non-hydrogen) atoms. The van der Waals surface area contributed by atoms with Crippen LogP contribution in [0.5, 0.6) is 0 Å². The summed E-state index contributed by atoms with van der Waals surface area (Å²) in [5.74, 6) is 0.742. The smallest absolute Gasteiger partial charge is 0.268 e. The molecule has 6 heteroatoms. The summed E-state index contributed by atoms with van der Waals surface area (Å²) in [6.07, 6.45) is 2.31. The van der Waals surface area contributed by atoms with E-state index in [1.165, 1.54) is 17.8 Å². The van der Waals surface area contributed by atoms with Crippen LogP contribution in [-0.4, -0.2) is 34.0 Å². The highest BCUT2D eigenvalue weighted by Crippen LogP contribution is 2.19. The van der Waals surface area contributed by atoms with E-state index >= 15 is 0 Å². The zero-order valence-electron chi connectivity index (χ0n) is 10.1. The van der Waals surface area contributed by atoms with E-state index in [4.69, 9.17) is 5.73 Å². The average molecular weight is 264 g/mol. The van der Waals surface area contributed by atoms with Gasteiger partial charge in [0.05, 0.1) is 12.1 Å². The third-order valence-electron chi connectivity index (χ3n) is 3.49. The number of hydrogen-bond acceptors (Lipinski definition) is 5. The fraction of sp³-hybridized carbons (Fsp3) is 0.500. The van der Waals surface area contributed by atoms with Crippen LogP contribution in [0, 0.1) is 0 Å². The Morgan fingerprint density at radius 2 is 2.50 bits per heavy atom. The topological polar surface area (TPSA) is 75.0 Å². The predicted octanol–water partition coefficient (Wildman–Crippen LogP) is 0.908. The Hall–Kier alpha value is -1.24. The number of aromatic nitrogens is 2. The second kappa shape index (κ2) is 4.79. The highest BCUT2D eigenvalue weighted by molar-refractivity contribution is 7.17. The van der Waals surface area contributed by atoms with Crippen molar-refractivity contribution in [2.75, 3.05) is 13.1 Å². The van der Waals surface area contributed by atoms with Crippen LogP contribution in [0.1, 0.15) is 18.7 Å². The van der Waals surface area contributed by atoms with Crippen molar-refractivity contribution in [2.45, 2.75) is 25.4 Å². The standard InChI is InChI=1S/C12H16N4OS/c13-6-8-2-1-4-16(8)7-10-14-9-3-5-18-11(9)12(17)15-10/h3,5,8H,1-2,4,6-7,13H2,(H,14,15,17). The summed E-state index contributed by atoms with van der Waals surface area (Å²) in [4.78, 5) is 21.5. The van der Waals surface area contributed by atoms with Crippen LogP contribution in [0.4, 0.5) is 0 Å². The number of aromatic amines is 1. The minimum absolute atomic E-state index is 0.0338. The molecule has 3 heterocycles. The van der Waals surface area contributed by atoms with Gasteiger partial charge in [-0.15, -0.1) is 11.3 Å². The van der Waals surface area contributed by atoms with Gasteiger partial charge in [0.2, 0.25) is 0 Å². The molecule has 1 aliphatic rings. The lowest BCUT2D eigenvalue weighted by Gasteiger charge is -2.22. The molecule has 3 rings (SSSR count). The van der Waals surface area contributed by atoms with Gasteiger partial charge in [-0.2, -0.15) is 0 Å². The number of likely N-dealkylation sites (tertiary alicyclic amines) is 1. The second-order valence-corrected chi connectivity index (χ2v) is 5.57. The van der Waals surface area contributed by atoms with Crippen molar-refractivity contribution < 1.29 is 0 Å². The van der Waals surface area contributed by atoms with E-state index in [0.717, 1.165) is 24.3 Å². The van der Waals surface area contributed by atoms with Gasteiger partial charge in [0.25, 0.3) is 5.56 Å². The lowest BCUT2D eigenvalue weighted by atomic mass is 10.2. The quantitative estimate of drug-likeness (QED) is 0.864. The summed E-state index contributed by atoms with van der Waals surface area (Å²) < 4.78 is 0.704. The first-order valence-electron chi connectivity index (χ1n) is 6.18. The highest BCUT2D eigenvalue weighted by Gasteiger charge is 2.23. The number of nitrogens with zero attached hydrogens (tertiary/aromatic N) is 2. The van der Waals surface area contributed by atoms with Crippen LogP contribution in [0.15, 0.2) is 16.2 Å². The molecule has 0 aromatic carbocycles. The first-order valence-corrected chi connectivity index (χ1v) is 7.06. The van der Waals surface area contributed by atoms with E-state index < -0.39 is 0 Å². The molecule has 5 nitrogen and oxygen atoms in total. The fourth-order valence-electron chi connectivity index (χ4n) is 2.56. The van der Waals surface area contributed by atoms with Crippen LogP contribution >= 0.6 is 11.3 Å². The van der Waals surface area contributed by atoms with Gasteiger partial charge < -0.3 is 10.7 Å². The lowest BCUT2D eigenvalue weighted by Crippen LogP contribution is -2.35. The van der Waals surface area contributed by atoms with Crippen molar-refractivity contribution in [3.63, 3.8) is 0 Å². The van der Waals surface area contributed by atoms with E-state index in [1.807, 2.05) is 11.4 Å². The molecule has 1 atom stereocenters. The number of nitrogens with two attached hydrogens (primary N) is 1. The number of hydrogen-bond donors (Lipinski definition) is 2. The van der Waals surface area contributed by atoms with E-state index in [0.29, 0.717) is 23.8 Å². The molecule has 1 unspecified atom stereocenters. The lowest BCUT2D eigenvalue weighted by molar-refractivity contribution is 0.244. The molecule has 0 aliphatic carbocycles. The monoisotopic (exact) mass is 264 g/mol. The number of fused-ring (bicyclic) bond motifs is 1. The molecule has 1 saturated heterocycles. The van der Waals surface area contributed by atoms with E-state index in [1.54, 1.807) is 0 Å². The van der Waals surface area contributed by atoms with Crippen molar-refractivity contribution in [1.82, 2.24) is 14.9 Å². The maximum absolute atomic E-state index is 11.9. The molecular formula is C12H16N4OS. The molecule has 96 valence electrons. The summed E-state index contributed by atoms with van der Waals surface area (Å²) >= 11 is 1.43. The summed E-state index contributed by atoms with van der Waals surface area (Å²) in [5, 5.41) is 1.90. The van der Waals surface area contributed by atoms with Crippen molar-refractivity contribution in [2.24, 2.45) is 5.73 Å². The van der Waals surface area contributed by atoms with Crippen LogP contribution in [-0.2, 0) is 6.54 Å². The second-order valence-electron chi connectivity index (χ2n) is 4.65. The van der Waals surface area contributed by atoms with Gasteiger partial charge in [-0.3, -0.25) is 9.69 Å². The van der Waals surface area contributed by atoms with Crippen molar-refractivity contribution in [3.8, 4) is 0 Å². The molecular weight excluding hydrogens is 248 g/mol. The molecule has 0 bridgehead atoms. The van der Waals surface area contributed by atoms with Gasteiger partial charge in [-0.25, -0.2) is 4.98 Å². The fourth-order valence-corrected chi connectivity index (χ4v) is 3.28. The first-order chi connectivity index (χ1) is 8.78. The summed E-state index contributed by atoms with van der Waals surface area (Å²) in [6, 6.07) is 2.32. The maximum Gasteiger partial charge on any atom is 0.268 e. The Morgan fingerprint density at radius 1 is 1.61 bits per heavy atom. The molecule has 0 amide bonds. The van der Waals surface area contributed by atoms with Crippen molar-refractivity contribution in [1.29, 1.82) is 0 Å². The zero-order valence-corrected chi connectivity index (χ0v) is 10.9. The van der Waals surface area contributed by atoms with Gasteiger partial charge >= 0.3 is 0 Å². The minimum atomic E-state index is -0.0338. The summed E-state index contributed by atoms with van der Waals surface area (Å²) in [6.45, 7) is 2.39. The largest absolute Gasteiger partial charge is 0.329 e. The molecule has 0 radical (unpaired) electrons. The van der Waals surface area contributed by atoms with Gasteiger partial charge in [0.1, 0.15) is 10.5 Å². The van der Waals surface area contributed by atoms with Crippen LogP contribution in [0.3, 0.4) is 0 Å². The van der Waals surface area contributed by atoms with Gasteiger partial charge in [-0.05, 0) is 30.8 Å². The van der Waals surface area contributed by atoms with Crippen LogP contribution < -0.4 is 11.3 Å². The Morgan fingerprint density at radius 3 is 3.33 bits per heavy atom. The molecule has 2 aromatic rings. The number of H-pyrrole nitrogens is 1. The van der Waals surface area contributed by atoms with Gasteiger partial charge in [-0.1, -0.05) is 0 Å². The Bertz CT molecular complexity index is 605. The van der Waals surface area contributed by atoms with E-state index in [2.05, 4.69) is 14.9 Å². The summed E-state index contributed by atoms with van der Waals surface area (Å²) in [7, 11) is 0. The third-order valence-corrected chi connectivity index (χ3v) is 4.39. The van der Waals surface area contributed by atoms with Crippen LogP contribution in [0.25, 0.3) is 10.2 Å². The maximum atomic E-state index is 11.9. The molecule has 1 fully saturated rings. The Balaban J connectivity index is 1.88. The van der Waals surface area contributed by atoms with Crippen molar-refractivity contribution in [3.05, 3.63) is 27.6 Å².